The molecule has 0 spiro atoms. The maximum Gasteiger partial charge on any atom is 0.255 e. The first-order valence-electron chi connectivity index (χ1n) is 12.9. The second-order valence-corrected chi connectivity index (χ2v) is 11.6. The SMILES string of the molecule is Cc1ccc(CN(CC(=O)N/N=C/c2cccc(Oc3ccccc3)c2)S(=O)(=O)c2c(C)cc(C)cc2C)cc1. The van der Waals surface area contributed by atoms with Gasteiger partial charge in [0, 0.05) is 6.54 Å². The van der Waals surface area contributed by atoms with Crippen LogP contribution in [0.2, 0.25) is 0 Å². The van der Waals surface area contributed by atoms with Crippen LogP contribution in [0.3, 0.4) is 0 Å². The number of hydrogen-bond donors (Lipinski definition) is 1. The van der Waals surface area contributed by atoms with Gasteiger partial charge in [-0.05, 0) is 74.2 Å². The van der Waals surface area contributed by atoms with Crippen LogP contribution < -0.4 is 10.2 Å². The van der Waals surface area contributed by atoms with E-state index >= 15 is 0 Å². The molecule has 8 heteroatoms. The summed E-state index contributed by atoms with van der Waals surface area (Å²) in [7, 11) is -3.99. The minimum atomic E-state index is -3.99. The summed E-state index contributed by atoms with van der Waals surface area (Å²) in [5.41, 5.74) is 7.29. The fourth-order valence-corrected chi connectivity index (χ4v) is 6.28. The molecule has 4 rings (SSSR count). The van der Waals surface area contributed by atoms with Gasteiger partial charge in [-0.1, -0.05) is 77.9 Å². The Hall–Kier alpha value is -4.27. The molecule has 4 aromatic carbocycles. The van der Waals surface area contributed by atoms with Gasteiger partial charge in [-0.25, -0.2) is 13.8 Å². The number of hydrazone groups is 1. The van der Waals surface area contributed by atoms with Gasteiger partial charge in [0.15, 0.2) is 0 Å². The zero-order chi connectivity index (χ0) is 28.7. The van der Waals surface area contributed by atoms with Crippen molar-refractivity contribution in [3.63, 3.8) is 0 Å². The highest BCUT2D eigenvalue weighted by atomic mass is 32.2. The molecule has 0 unspecified atom stereocenters. The monoisotopic (exact) mass is 555 g/mol. The maximum absolute atomic E-state index is 13.9. The van der Waals surface area contributed by atoms with Gasteiger partial charge in [-0.2, -0.15) is 9.41 Å². The molecule has 0 radical (unpaired) electrons. The van der Waals surface area contributed by atoms with Gasteiger partial charge in [0.1, 0.15) is 11.5 Å². The van der Waals surface area contributed by atoms with Gasteiger partial charge < -0.3 is 4.74 Å². The summed E-state index contributed by atoms with van der Waals surface area (Å²) in [5, 5.41) is 4.06. The average molecular weight is 556 g/mol. The van der Waals surface area contributed by atoms with E-state index in [0.29, 0.717) is 28.2 Å². The topological polar surface area (TPSA) is 88.1 Å². The standard InChI is InChI=1S/C32H33N3O4S/c1-23-13-15-27(16-14-23)21-35(40(37,38)32-25(3)17-24(2)18-26(32)4)22-31(36)34-33-20-28-9-8-12-30(19-28)39-29-10-6-5-7-11-29/h5-20H,21-22H2,1-4H3,(H,34,36)/b33-20+. The van der Waals surface area contributed by atoms with E-state index in [-0.39, 0.29) is 11.4 Å². The summed E-state index contributed by atoms with van der Waals surface area (Å²) in [5.74, 6) is 0.783. The van der Waals surface area contributed by atoms with E-state index in [2.05, 4.69) is 10.5 Å². The summed E-state index contributed by atoms with van der Waals surface area (Å²) < 4.78 is 34.8. The lowest BCUT2D eigenvalue weighted by Crippen LogP contribution is -2.39. The van der Waals surface area contributed by atoms with Crippen LogP contribution in [0.25, 0.3) is 0 Å². The fourth-order valence-electron chi connectivity index (χ4n) is 4.48. The first-order chi connectivity index (χ1) is 19.1. The van der Waals surface area contributed by atoms with Crippen molar-refractivity contribution in [2.45, 2.75) is 39.1 Å². The first-order valence-corrected chi connectivity index (χ1v) is 14.3. The summed E-state index contributed by atoms with van der Waals surface area (Å²) >= 11 is 0. The Morgan fingerprint density at radius 1 is 0.825 bits per heavy atom. The van der Waals surface area contributed by atoms with Crippen molar-refractivity contribution in [3.05, 3.63) is 124 Å². The van der Waals surface area contributed by atoms with Crippen LogP contribution >= 0.6 is 0 Å². The highest BCUT2D eigenvalue weighted by Gasteiger charge is 2.30. The first kappa shape index (κ1) is 28.7. The van der Waals surface area contributed by atoms with Crippen molar-refractivity contribution >= 4 is 22.1 Å². The Morgan fingerprint density at radius 2 is 1.48 bits per heavy atom. The smallest absolute Gasteiger partial charge is 0.255 e. The molecule has 0 aliphatic carbocycles. The number of nitrogens with one attached hydrogen (secondary N) is 1. The zero-order valence-corrected chi connectivity index (χ0v) is 23.9. The third-order valence-electron chi connectivity index (χ3n) is 6.24. The van der Waals surface area contributed by atoms with Crippen molar-refractivity contribution in [3.8, 4) is 11.5 Å². The van der Waals surface area contributed by atoms with Crippen LogP contribution in [-0.4, -0.2) is 31.4 Å². The van der Waals surface area contributed by atoms with E-state index in [1.54, 1.807) is 19.9 Å². The van der Waals surface area contributed by atoms with Crippen LogP contribution in [0.5, 0.6) is 11.5 Å². The predicted molar refractivity (Wildman–Crippen MR) is 158 cm³/mol. The number of carbonyl (C=O) groups is 1. The van der Waals surface area contributed by atoms with Crippen LogP contribution in [0.1, 0.15) is 33.4 Å². The van der Waals surface area contributed by atoms with Crippen LogP contribution in [0, 0.1) is 27.7 Å². The molecule has 1 amide bonds. The number of hydrogen-bond acceptors (Lipinski definition) is 5. The molecule has 40 heavy (non-hydrogen) atoms. The van der Waals surface area contributed by atoms with Crippen LogP contribution in [0.15, 0.2) is 101 Å². The molecule has 0 fully saturated rings. The Morgan fingerprint density at radius 3 is 2.15 bits per heavy atom. The van der Waals surface area contributed by atoms with Gasteiger partial charge in [0.25, 0.3) is 5.91 Å². The molecule has 1 N–H and O–H groups in total. The molecular weight excluding hydrogens is 522 g/mol. The summed E-state index contributed by atoms with van der Waals surface area (Å²) in [6.07, 6.45) is 1.49. The van der Waals surface area contributed by atoms with E-state index in [1.165, 1.54) is 10.5 Å². The lowest BCUT2D eigenvalue weighted by molar-refractivity contribution is -0.121. The van der Waals surface area contributed by atoms with Crippen molar-refractivity contribution in [1.82, 2.24) is 9.73 Å². The van der Waals surface area contributed by atoms with Crippen molar-refractivity contribution < 1.29 is 17.9 Å². The van der Waals surface area contributed by atoms with Gasteiger partial charge in [-0.3, -0.25) is 4.79 Å². The molecular formula is C32H33N3O4S. The molecule has 0 atom stereocenters. The Bertz CT molecular complexity index is 1590. The fraction of sp³-hybridized carbons (Fsp3) is 0.188. The second kappa shape index (κ2) is 12.7. The maximum atomic E-state index is 13.9. The molecule has 0 saturated heterocycles. The number of benzene rings is 4. The number of sulfonamides is 1. The number of ether oxygens (including phenoxy) is 1. The molecule has 0 aliphatic rings. The third-order valence-corrected chi connectivity index (χ3v) is 8.34. The Labute approximate surface area is 236 Å². The highest BCUT2D eigenvalue weighted by Crippen LogP contribution is 2.27. The summed E-state index contributed by atoms with van der Waals surface area (Å²) in [6.45, 7) is 7.10. The van der Waals surface area contributed by atoms with Crippen molar-refractivity contribution in [2.75, 3.05) is 6.54 Å². The van der Waals surface area contributed by atoms with Gasteiger partial charge in [-0.15, -0.1) is 0 Å². The Kier molecular flexibility index (Phi) is 9.14. The molecule has 0 bridgehead atoms. The minimum Gasteiger partial charge on any atom is -0.457 e. The predicted octanol–water partition coefficient (Wildman–Crippen LogP) is 6.05. The lowest BCUT2D eigenvalue weighted by atomic mass is 10.1. The normalized spacial score (nSPS) is 11.6. The average Bonchev–Trinajstić information content (AvgIpc) is 2.89. The minimum absolute atomic E-state index is 0.0470. The van der Waals surface area contributed by atoms with E-state index in [1.807, 2.05) is 98.8 Å². The Balaban J connectivity index is 1.51. The highest BCUT2D eigenvalue weighted by molar-refractivity contribution is 7.89. The molecule has 0 saturated carbocycles. The van der Waals surface area contributed by atoms with E-state index in [4.69, 9.17) is 4.74 Å². The number of amides is 1. The number of rotatable bonds is 10. The van der Waals surface area contributed by atoms with Crippen LogP contribution in [0.4, 0.5) is 0 Å². The second-order valence-electron chi connectivity index (χ2n) is 9.77. The number of carbonyl (C=O) groups excluding carboxylic acids is 1. The largest absolute Gasteiger partial charge is 0.457 e. The molecule has 7 nitrogen and oxygen atoms in total. The van der Waals surface area contributed by atoms with E-state index in [9.17, 15) is 13.2 Å². The van der Waals surface area contributed by atoms with Crippen LogP contribution in [-0.2, 0) is 21.4 Å². The quantitative estimate of drug-likeness (QED) is 0.191. The number of para-hydroxylation sites is 1. The number of aryl methyl sites for hydroxylation is 4. The lowest BCUT2D eigenvalue weighted by Gasteiger charge is -2.24. The van der Waals surface area contributed by atoms with E-state index < -0.39 is 22.5 Å². The summed E-state index contributed by atoms with van der Waals surface area (Å²) in [6, 6.07) is 27.9. The van der Waals surface area contributed by atoms with Crippen molar-refractivity contribution in [2.24, 2.45) is 5.10 Å². The molecule has 0 aliphatic heterocycles. The molecule has 206 valence electrons. The van der Waals surface area contributed by atoms with Crippen molar-refractivity contribution in [1.29, 1.82) is 0 Å². The third kappa shape index (κ3) is 7.43. The summed E-state index contributed by atoms with van der Waals surface area (Å²) in [4.78, 5) is 13.2. The zero-order valence-electron chi connectivity index (χ0n) is 23.1. The van der Waals surface area contributed by atoms with Gasteiger partial charge in [0.05, 0.1) is 17.7 Å². The van der Waals surface area contributed by atoms with E-state index in [0.717, 1.165) is 16.7 Å². The number of nitrogens with zero attached hydrogens (tertiary/aromatic N) is 2. The molecule has 4 aromatic rings. The van der Waals surface area contributed by atoms with Gasteiger partial charge >= 0.3 is 0 Å². The molecule has 0 aromatic heterocycles. The van der Waals surface area contributed by atoms with Gasteiger partial charge in [0.2, 0.25) is 10.0 Å². The molecule has 0 heterocycles.